The SMILES string of the molecule is Cc1nsc(NS(=O)(=O)c2cnc(C)[nH]2)n1. The van der Waals surface area contributed by atoms with Crippen molar-refractivity contribution in [1.29, 1.82) is 0 Å². The molecule has 2 rings (SSSR count). The lowest BCUT2D eigenvalue weighted by Crippen LogP contribution is -2.13. The van der Waals surface area contributed by atoms with Crippen molar-refractivity contribution in [2.45, 2.75) is 18.9 Å². The maximum absolute atomic E-state index is 11.8. The van der Waals surface area contributed by atoms with Gasteiger partial charge in [0.25, 0.3) is 10.0 Å². The van der Waals surface area contributed by atoms with Crippen LogP contribution in [0.2, 0.25) is 0 Å². The summed E-state index contributed by atoms with van der Waals surface area (Å²) in [6.45, 7) is 3.36. The average molecular weight is 259 g/mol. The second-order valence-electron chi connectivity index (χ2n) is 3.09. The van der Waals surface area contributed by atoms with E-state index in [-0.39, 0.29) is 10.2 Å². The summed E-state index contributed by atoms with van der Waals surface area (Å²) < 4.78 is 29.8. The summed E-state index contributed by atoms with van der Waals surface area (Å²) in [6.07, 6.45) is 1.26. The van der Waals surface area contributed by atoms with Crippen LogP contribution in [0.1, 0.15) is 11.6 Å². The van der Waals surface area contributed by atoms with Crippen LogP contribution in [-0.2, 0) is 10.0 Å². The van der Waals surface area contributed by atoms with E-state index in [1.165, 1.54) is 6.20 Å². The van der Waals surface area contributed by atoms with E-state index < -0.39 is 10.0 Å². The number of nitrogens with zero attached hydrogens (tertiary/aromatic N) is 3. The Morgan fingerprint density at radius 1 is 1.44 bits per heavy atom. The van der Waals surface area contributed by atoms with E-state index in [1.54, 1.807) is 13.8 Å². The van der Waals surface area contributed by atoms with Crippen LogP contribution in [0.25, 0.3) is 0 Å². The molecule has 0 aliphatic carbocycles. The Bertz CT molecular complexity index is 600. The highest BCUT2D eigenvalue weighted by atomic mass is 32.2. The highest BCUT2D eigenvalue weighted by Crippen LogP contribution is 2.15. The largest absolute Gasteiger partial charge is 0.332 e. The van der Waals surface area contributed by atoms with Crippen molar-refractivity contribution in [3.05, 3.63) is 17.8 Å². The van der Waals surface area contributed by atoms with Crippen LogP contribution in [0.5, 0.6) is 0 Å². The number of aromatic amines is 1. The molecule has 16 heavy (non-hydrogen) atoms. The number of hydrogen-bond acceptors (Lipinski definition) is 6. The predicted molar refractivity (Wildman–Crippen MR) is 58.8 cm³/mol. The molecule has 0 atom stereocenters. The maximum atomic E-state index is 11.8. The Hall–Kier alpha value is -1.48. The molecule has 0 saturated heterocycles. The lowest BCUT2D eigenvalue weighted by Gasteiger charge is -2.00. The van der Waals surface area contributed by atoms with Crippen molar-refractivity contribution >= 4 is 26.7 Å². The lowest BCUT2D eigenvalue weighted by atomic mass is 10.8. The number of imidazole rings is 1. The van der Waals surface area contributed by atoms with Gasteiger partial charge in [0.05, 0.1) is 6.20 Å². The van der Waals surface area contributed by atoms with Crippen LogP contribution >= 0.6 is 11.5 Å². The van der Waals surface area contributed by atoms with Gasteiger partial charge in [0.15, 0.2) is 5.03 Å². The Labute approximate surface area is 96.2 Å². The minimum atomic E-state index is -3.64. The van der Waals surface area contributed by atoms with Crippen LogP contribution in [0.3, 0.4) is 0 Å². The van der Waals surface area contributed by atoms with Crippen molar-refractivity contribution in [2.75, 3.05) is 4.72 Å². The Balaban J connectivity index is 2.27. The second-order valence-corrected chi connectivity index (χ2v) is 5.49. The van der Waals surface area contributed by atoms with Gasteiger partial charge in [0.2, 0.25) is 5.13 Å². The molecule has 0 amide bonds. The van der Waals surface area contributed by atoms with Crippen LogP contribution in [0.4, 0.5) is 5.13 Å². The topological polar surface area (TPSA) is 101 Å². The van der Waals surface area contributed by atoms with Crippen molar-refractivity contribution < 1.29 is 8.42 Å². The summed E-state index contributed by atoms with van der Waals surface area (Å²) >= 11 is 0.992. The van der Waals surface area contributed by atoms with Gasteiger partial charge in [-0.15, -0.1) is 0 Å². The molecule has 2 N–H and O–H groups in total. The summed E-state index contributed by atoms with van der Waals surface area (Å²) in [5.74, 6) is 1.07. The number of aromatic nitrogens is 4. The molecule has 2 aromatic heterocycles. The molecular formula is C7H9N5O2S2. The van der Waals surface area contributed by atoms with E-state index in [1.807, 2.05) is 0 Å². The van der Waals surface area contributed by atoms with Gasteiger partial charge in [0, 0.05) is 11.5 Å². The van der Waals surface area contributed by atoms with E-state index in [0.29, 0.717) is 11.6 Å². The molecule has 0 radical (unpaired) electrons. The third-order valence-corrected chi connectivity index (χ3v) is 3.82. The van der Waals surface area contributed by atoms with E-state index in [4.69, 9.17) is 0 Å². The van der Waals surface area contributed by atoms with Crippen molar-refractivity contribution in [1.82, 2.24) is 19.3 Å². The fourth-order valence-electron chi connectivity index (χ4n) is 1.04. The van der Waals surface area contributed by atoms with Gasteiger partial charge in [-0.25, -0.2) is 9.97 Å². The number of hydrogen-bond donors (Lipinski definition) is 2. The quantitative estimate of drug-likeness (QED) is 0.844. The molecule has 0 aromatic carbocycles. The summed E-state index contributed by atoms with van der Waals surface area (Å²) in [5.41, 5.74) is 0. The summed E-state index contributed by atoms with van der Waals surface area (Å²) in [6, 6.07) is 0. The van der Waals surface area contributed by atoms with Crippen molar-refractivity contribution in [2.24, 2.45) is 0 Å². The molecule has 0 spiro atoms. The molecule has 0 saturated carbocycles. The normalized spacial score (nSPS) is 11.6. The van der Waals surface area contributed by atoms with Gasteiger partial charge in [-0.1, -0.05) is 0 Å². The Morgan fingerprint density at radius 3 is 2.69 bits per heavy atom. The van der Waals surface area contributed by atoms with Crippen molar-refractivity contribution in [3.63, 3.8) is 0 Å². The summed E-state index contributed by atoms with van der Waals surface area (Å²) in [5, 5.41) is 0.252. The first-order chi connectivity index (χ1) is 7.47. The molecular weight excluding hydrogens is 250 g/mol. The molecule has 0 aliphatic heterocycles. The fourth-order valence-corrected chi connectivity index (χ4v) is 2.81. The number of nitrogens with one attached hydrogen (secondary N) is 2. The van der Waals surface area contributed by atoms with Crippen LogP contribution in [0, 0.1) is 13.8 Å². The molecule has 86 valence electrons. The number of H-pyrrole nitrogens is 1. The maximum Gasteiger partial charge on any atom is 0.280 e. The van der Waals surface area contributed by atoms with Gasteiger partial charge in [-0.2, -0.15) is 12.8 Å². The smallest absolute Gasteiger partial charge is 0.280 e. The van der Waals surface area contributed by atoms with Crippen LogP contribution < -0.4 is 4.72 Å². The zero-order valence-electron chi connectivity index (χ0n) is 8.55. The summed E-state index contributed by atoms with van der Waals surface area (Å²) in [7, 11) is -3.64. The monoisotopic (exact) mass is 259 g/mol. The third kappa shape index (κ3) is 2.19. The van der Waals surface area contributed by atoms with Crippen LogP contribution in [0.15, 0.2) is 11.2 Å². The second kappa shape index (κ2) is 3.83. The molecule has 2 heterocycles. The first-order valence-electron chi connectivity index (χ1n) is 4.32. The van der Waals surface area contributed by atoms with E-state index in [9.17, 15) is 8.42 Å². The Morgan fingerprint density at radius 2 is 2.19 bits per heavy atom. The van der Waals surface area contributed by atoms with E-state index in [0.717, 1.165) is 11.5 Å². The minimum Gasteiger partial charge on any atom is -0.332 e. The highest BCUT2D eigenvalue weighted by molar-refractivity contribution is 7.92. The van der Waals surface area contributed by atoms with Crippen LogP contribution in [-0.4, -0.2) is 27.7 Å². The zero-order chi connectivity index (χ0) is 11.8. The fraction of sp³-hybridized carbons (Fsp3) is 0.286. The molecule has 9 heteroatoms. The first-order valence-corrected chi connectivity index (χ1v) is 6.58. The predicted octanol–water partition coefficient (Wildman–Crippen LogP) is 0.679. The van der Waals surface area contributed by atoms with Gasteiger partial charge < -0.3 is 4.98 Å². The first kappa shape index (κ1) is 11.0. The number of anilines is 1. The van der Waals surface area contributed by atoms with Gasteiger partial charge in [-0.3, -0.25) is 4.72 Å². The molecule has 0 aliphatic rings. The summed E-state index contributed by atoms with van der Waals surface area (Å²) in [4.78, 5) is 10.4. The molecule has 2 aromatic rings. The third-order valence-electron chi connectivity index (χ3n) is 1.72. The highest BCUT2D eigenvalue weighted by Gasteiger charge is 2.18. The van der Waals surface area contributed by atoms with Gasteiger partial charge in [-0.05, 0) is 13.8 Å². The lowest BCUT2D eigenvalue weighted by molar-refractivity contribution is 0.598. The van der Waals surface area contributed by atoms with Gasteiger partial charge in [0.1, 0.15) is 11.6 Å². The van der Waals surface area contributed by atoms with E-state index >= 15 is 0 Å². The zero-order valence-corrected chi connectivity index (χ0v) is 10.2. The number of sulfonamides is 1. The number of aryl methyl sites for hydroxylation is 2. The standard InChI is InChI=1S/C7H9N5O2S2/c1-4-8-3-6(9-4)16(13,14)12-7-10-5(2)11-15-7/h3H,1-2H3,(H,8,9)(H,10,11,12). The van der Waals surface area contributed by atoms with E-state index in [2.05, 4.69) is 24.0 Å². The van der Waals surface area contributed by atoms with Crippen molar-refractivity contribution in [3.8, 4) is 0 Å². The molecule has 0 unspecified atom stereocenters. The number of rotatable bonds is 3. The molecule has 0 fully saturated rings. The molecule has 7 nitrogen and oxygen atoms in total. The minimum absolute atomic E-state index is 0.0119. The molecule has 0 bridgehead atoms. The average Bonchev–Trinajstić information content (AvgIpc) is 2.75. The Kier molecular flexibility index (Phi) is 2.64. The van der Waals surface area contributed by atoms with Gasteiger partial charge >= 0.3 is 0 Å².